The van der Waals surface area contributed by atoms with Gasteiger partial charge in [-0.05, 0) is 36.5 Å². The number of carbonyl (C=O) groups excluding carboxylic acids is 1. The predicted octanol–water partition coefficient (Wildman–Crippen LogP) is 3.60. The van der Waals surface area contributed by atoms with Crippen molar-refractivity contribution in [3.63, 3.8) is 0 Å². The van der Waals surface area contributed by atoms with E-state index in [2.05, 4.69) is 35.0 Å². The highest BCUT2D eigenvalue weighted by Crippen LogP contribution is 2.20. The molecule has 1 heterocycles. The number of likely N-dealkylation sites (tertiary alicyclic amines) is 1. The van der Waals surface area contributed by atoms with Gasteiger partial charge in [0.2, 0.25) is 5.91 Å². The first-order valence-corrected chi connectivity index (χ1v) is 6.96. The van der Waals surface area contributed by atoms with Crippen LogP contribution in [0.1, 0.15) is 31.7 Å². The third kappa shape index (κ3) is 3.56. The number of halogens is 1. The number of benzene rings is 1. The van der Waals surface area contributed by atoms with Gasteiger partial charge in [-0.1, -0.05) is 35.0 Å². The number of rotatable bonds is 2. The lowest BCUT2D eigenvalue weighted by molar-refractivity contribution is -0.131. The highest BCUT2D eigenvalue weighted by molar-refractivity contribution is 9.10. The SMILES string of the molecule is CC1CCC(=O)N(Cc2cccc(Br)c2)CC1. The molecule has 1 aromatic carbocycles. The first kappa shape index (κ1) is 12.6. The Labute approximate surface area is 111 Å². The molecule has 92 valence electrons. The fourth-order valence-electron chi connectivity index (χ4n) is 2.20. The Kier molecular flexibility index (Phi) is 4.21. The van der Waals surface area contributed by atoms with Gasteiger partial charge in [0.1, 0.15) is 0 Å². The summed E-state index contributed by atoms with van der Waals surface area (Å²) in [7, 11) is 0. The largest absolute Gasteiger partial charge is 0.338 e. The van der Waals surface area contributed by atoms with E-state index in [1.54, 1.807) is 0 Å². The summed E-state index contributed by atoms with van der Waals surface area (Å²) in [6.07, 6.45) is 2.86. The summed E-state index contributed by atoms with van der Waals surface area (Å²) >= 11 is 3.46. The second-order valence-electron chi connectivity index (χ2n) is 4.88. The zero-order valence-corrected chi connectivity index (χ0v) is 11.7. The Bertz CT molecular complexity index is 405. The van der Waals surface area contributed by atoms with Crippen molar-refractivity contribution in [3.8, 4) is 0 Å². The number of carbonyl (C=O) groups is 1. The minimum Gasteiger partial charge on any atom is -0.338 e. The van der Waals surface area contributed by atoms with Crippen LogP contribution in [0.4, 0.5) is 0 Å². The summed E-state index contributed by atoms with van der Waals surface area (Å²) in [5.41, 5.74) is 1.20. The van der Waals surface area contributed by atoms with Crippen LogP contribution in [0, 0.1) is 5.92 Å². The molecule has 0 bridgehead atoms. The van der Waals surface area contributed by atoms with Crippen LogP contribution in [0.3, 0.4) is 0 Å². The average molecular weight is 296 g/mol. The van der Waals surface area contributed by atoms with E-state index >= 15 is 0 Å². The Balaban J connectivity index is 2.04. The molecule has 0 aromatic heterocycles. The molecule has 2 rings (SSSR count). The number of nitrogens with zero attached hydrogens (tertiary/aromatic N) is 1. The number of hydrogen-bond donors (Lipinski definition) is 0. The molecule has 3 heteroatoms. The Morgan fingerprint density at radius 2 is 2.24 bits per heavy atom. The molecule has 0 N–H and O–H groups in total. The minimum absolute atomic E-state index is 0.300. The van der Waals surface area contributed by atoms with E-state index in [0.29, 0.717) is 18.2 Å². The fraction of sp³-hybridized carbons (Fsp3) is 0.500. The molecule has 0 spiro atoms. The summed E-state index contributed by atoms with van der Waals surface area (Å²) in [5, 5.41) is 0. The lowest BCUT2D eigenvalue weighted by Crippen LogP contribution is -2.29. The summed E-state index contributed by atoms with van der Waals surface area (Å²) in [5.74, 6) is 0.973. The van der Waals surface area contributed by atoms with Gasteiger partial charge in [0.05, 0.1) is 0 Å². The van der Waals surface area contributed by atoms with Crippen LogP contribution >= 0.6 is 15.9 Å². The molecular weight excluding hydrogens is 278 g/mol. The monoisotopic (exact) mass is 295 g/mol. The smallest absolute Gasteiger partial charge is 0.222 e. The van der Waals surface area contributed by atoms with Crippen LogP contribution in [0.5, 0.6) is 0 Å². The van der Waals surface area contributed by atoms with Crippen LogP contribution in [-0.2, 0) is 11.3 Å². The number of hydrogen-bond acceptors (Lipinski definition) is 1. The molecular formula is C14H18BrNO. The quantitative estimate of drug-likeness (QED) is 0.816. The lowest BCUT2D eigenvalue weighted by Gasteiger charge is -2.20. The molecule has 1 atom stereocenters. The molecule has 1 saturated heterocycles. The average Bonchev–Trinajstić information content (AvgIpc) is 2.45. The molecule has 1 fully saturated rings. The standard InChI is InChI=1S/C14H18BrNO/c1-11-5-6-14(17)16(8-7-11)10-12-3-2-4-13(15)9-12/h2-4,9,11H,5-8,10H2,1H3. The highest BCUT2D eigenvalue weighted by atomic mass is 79.9. The van der Waals surface area contributed by atoms with Gasteiger partial charge in [0, 0.05) is 24.0 Å². The van der Waals surface area contributed by atoms with Crippen molar-refractivity contribution in [2.45, 2.75) is 32.7 Å². The summed E-state index contributed by atoms with van der Waals surface area (Å²) in [6.45, 7) is 3.87. The Morgan fingerprint density at radius 3 is 3.00 bits per heavy atom. The van der Waals surface area contributed by atoms with Gasteiger partial charge < -0.3 is 4.90 Å². The van der Waals surface area contributed by atoms with Crippen molar-refractivity contribution < 1.29 is 4.79 Å². The highest BCUT2D eigenvalue weighted by Gasteiger charge is 2.20. The van der Waals surface area contributed by atoms with E-state index in [1.165, 1.54) is 5.56 Å². The first-order valence-electron chi connectivity index (χ1n) is 6.17. The van der Waals surface area contributed by atoms with Gasteiger partial charge in [-0.2, -0.15) is 0 Å². The molecule has 0 aliphatic carbocycles. The van der Waals surface area contributed by atoms with Crippen molar-refractivity contribution in [2.24, 2.45) is 5.92 Å². The molecule has 17 heavy (non-hydrogen) atoms. The van der Waals surface area contributed by atoms with Gasteiger partial charge in [-0.15, -0.1) is 0 Å². The van der Waals surface area contributed by atoms with E-state index in [-0.39, 0.29) is 0 Å². The van der Waals surface area contributed by atoms with Crippen molar-refractivity contribution in [1.29, 1.82) is 0 Å². The molecule has 1 aliphatic rings. The van der Waals surface area contributed by atoms with E-state index in [1.807, 2.05) is 17.0 Å². The molecule has 1 aromatic rings. The Hall–Kier alpha value is -0.830. The van der Waals surface area contributed by atoms with Gasteiger partial charge in [-0.3, -0.25) is 4.79 Å². The molecule has 1 amide bonds. The summed E-state index contributed by atoms with van der Waals surface area (Å²) in [6, 6.07) is 8.19. The van der Waals surface area contributed by atoms with Crippen molar-refractivity contribution in [1.82, 2.24) is 4.90 Å². The van der Waals surface area contributed by atoms with Crippen molar-refractivity contribution >= 4 is 21.8 Å². The number of amides is 1. The van der Waals surface area contributed by atoms with Gasteiger partial charge in [-0.25, -0.2) is 0 Å². The second kappa shape index (κ2) is 5.67. The molecule has 1 unspecified atom stereocenters. The first-order chi connectivity index (χ1) is 8.15. The molecule has 1 aliphatic heterocycles. The van der Waals surface area contributed by atoms with Crippen LogP contribution in [0.25, 0.3) is 0 Å². The molecule has 2 nitrogen and oxygen atoms in total. The third-order valence-electron chi connectivity index (χ3n) is 3.36. The van der Waals surface area contributed by atoms with E-state index in [0.717, 1.165) is 30.4 Å². The topological polar surface area (TPSA) is 20.3 Å². The maximum Gasteiger partial charge on any atom is 0.222 e. The third-order valence-corrected chi connectivity index (χ3v) is 3.85. The van der Waals surface area contributed by atoms with E-state index in [4.69, 9.17) is 0 Å². The minimum atomic E-state index is 0.300. The summed E-state index contributed by atoms with van der Waals surface area (Å²) in [4.78, 5) is 14.0. The second-order valence-corrected chi connectivity index (χ2v) is 5.79. The zero-order chi connectivity index (χ0) is 12.3. The predicted molar refractivity (Wildman–Crippen MR) is 72.6 cm³/mol. The van der Waals surface area contributed by atoms with Crippen LogP contribution in [0.2, 0.25) is 0 Å². The normalized spacial score (nSPS) is 21.4. The lowest BCUT2D eigenvalue weighted by atomic mass is 10.0. The van der Waals surface area contributed by atoms with Gasteiger partial charge in [0.25, 0.3) is 0 Å². The molecule has 0 saturated carbocycles. The van der Waals surface area contributed by atoms with Crippen molar-refractivity contribution in [2.75, 3.05) is 6.54 Å². The fourth-order valence-corrected chi connectivity index (χ4v) is 2.64. The molecule has 0 radical (unpaired) electrons. The zero-order valence-electron chi connectivity index (χ0n) is 10.2. The van der Waals surface area contributed by atoms with Crippen LogP contribution < -0.4 is 0 Å². The van der Waals surface area contributed by atoms with Crippen LogP contribution in [0.15, 0.2) is 28.7 Å². The van der Waals surface area contributed by atoms with Crippen LogP contribution in [-0.4, -0.2) is 17.4 Å². The van der Waals surface area contributed by atoms with Gasteiger partial charge in [0.15, 0.2) is 0 Å². The van der Waals surface area contributed by atoms with Crippen molar-refractivity contribution in [3.05, 3.63) is 34.3 Å². The van der Waals surface area contributed by atoms with E-state index < -0.39 is 0 Å². The maximum atomic E-state index is 12.0. The van der Waals surface area contributed by atoms with Gasteiger partial charge >= 0.3 is 0 Å². The maximum absolute atomic E-state index is 12.0. The van der Waals surface area contributed by atoms with E-state index in [9.17, 15) is 4.79 Å². The summed E-state index contributed by atoms with van der Waals surface area (Å²) < 4.78 is 1.07. The Morgan fingerprint density at radius 1 is 1.41 bits per heavy atom.